The third kappa shape index (κ3) is 5.38. The summed E-state index contributed by atoms with van der Waals surface area (Å²) in [6.07, 6.45) is 1.83. The van der Waals surface area contributed by atoms with Crippen molar-refractivity contribution in [1.82, 2.24) is 14.8 Å². The molecule has 0 aliphatic heterocycles. The van der Waals surface area contributed by atoms with Crippen molar-refractivity contribution in [2.45, 2.75) is 6.92 Å². The molecule has 0 aliphatic rings. The predicted molar refractivity (Wildman–Crippen MR) is 167 cm³/mol. The van der Waals surface area contributed by atoms with Gasteiger partial charge in [-0.2, -0.15) is 0 Å². The van der Waals surface area contributed by atoms with Gasteiger partial charge in [0.15, 0.2) is 0 Å². The zero-order chi connectivity index (χ0) is 28.0. The van der Waals surface area contributed by atoms with E-state index in [1.807, 2.05) is 79.7 Å². The van der Waals surface area contributed by atoms with E-state index in [0.717, 1.165) is 22.6 Å². The van der Waals surface area contributed by atoms with E-state index in [2.05, 4.69) is 82.0 Å². The molecule has 7 rings (SSSR count). The van der Waals surface area contributed by atoms with Crippen molar-refractivity contribution in [3.8, 4) is 34.3 Å². The molecule has 2 heterocycles. The van der Waals surface area contributed by atoms with Gasteiger partial charge < -0.3 is 13.7 Å². The highest BCUT2D eigenvalue weighted by Crippen LogP contribution is 2.33. The maximum Gasteiger partial charge on any atom is 0.248 e. The molecule has 0 unspecified atom stereocenters. The molecule has 0 saturated heterocycles. The first-order valence-electron chi connectivity index (χ1n) is 13.6. The van der Waals surface area contributed by atoms with E-state index >= 15 is 0 Å². The molecule has 200 valence electrons. The smallest absolute Gasteiger partial charge is 0.248 e. The van der Waals surface area contributed by atoms with E-state index in [0.29, 0.717) is 18.4 Å². The van der Waals surface area contributed by atoms with Gasteiger partial charge in [-0.15, -0.1) is 10.2 Å². The molecule has 0 bridgehead atoms. The fourth-order valence-electron chi connectivity index (χ4n) is 4.89. The minimum absolute atomic E-state index is 0.470. The molecule has 0 spiro atoms. The Labute approximate surface area is 239 Å². The number of hydrogen-bond acceptors (Lipinski definition) is 4. The van der Waals surface area contributed by atoms with Crippen LogP contribution in [0, 0.1) is 0 Å². The van der Waals surface area contributed by atoms with Crippen molar-refractivity contribution in [2.75, 3.05) is 6.61 Å². The molecule has 5 heteroatoms. The molecular weight excluding hydrogens is 506 g/mol. The van der Waals surface area contributed by atoms with Crippen LogP contribution in [0.3, 0.4) is 0 Å². The molecule has 0 saturated carbocycles. The van der Waals surface area contributed by atoms with Crippen LogP contribution in [0.15, 0.2) is 138 Å². The summed E-state index contributed by atoms with van der Waals surface area (Å²) in [6.45, 7) is 6.20. The Morgan fingerprint density at radius 1 is 0.683 bits per heavy atom. The lowest BCUT2D eigenvalue weighted by atomic mass is 10.2. The van der Waals surface area contributed by atoms with Gasteiger partial charge in [0.05, 0.1) is 17.6 Å². The molecule has 0 amide bonds. The number of aromatic nitrogens is 3. The van der Waals surface area contributed by atoms with E-state index in [9.17, 15) is 0 Å². The van der Waals surface area contributed by atoms with Gasteiger partial charge in [-0.1, -0.05) is 85.5 Å². The third-order valence-corrected chi connectivity index (χ3v) is 6.80. The van der Waals surface area contributed by atoms with Crippen molar-refractivity contribution in [3.63, 3.8) is 0 Å². The fourth-order valence-corrected chi connectivity index (χ4v) is 4.89. The summed E-state index contributed by atoms with van der Waals surface area (Å²) < 4.78 is 13.8. The SMILES string of the molecule is C=Cc1ccccc1.CCOc1cccc(-c2nnc(-c3ccc(-n4c5ccccc5c5ccccc54)cc3)o2)c1. The van der Waals surface area contributed by atoms with Gasteiger partial charge in [0.25, 0.3) is 0 Å². The molecule has 0 atom stereocenters. The van der Waals surface area contributed by atoms with Gasteiger partial charge in [-0.25, -0.2) is 0 Å². The molecule has 2 aromatic heterocycles. The summed E-state index contributed by atoms with van der Waals surface area (Å²) in [7, 11) is 0. The lowest BCUT2D eigenvalue weighted by molar-refractivity contribution is 0.340. The molecular formula is C36H29N3O2. The summed E-state index contributed by atoms with van der Waals surface area (Å²) in [6, 6.07) is 42.9. The zero-order valence-corrected chi connectivity index (χ0v) is 22.8. The average Bonchev–Trinajstić information content (AvgIpc) is 3.66. The Morgan fingerprint density at radius 2 is 1.29 bits per heavy atom. The van der Waals surface area contributed by atoms with Crippen LogP contribution in [-0.2, 0) is 0 Å². The third-order valence-electron chi connectivity index (χ3n) is 6.80. The van der Waals surface area contributed by atoms with Crippen LogP contribution in [0.5, 0.6) is 5.75 Å². The number of para-hydroxylation sites is 2. The first kappa shape index (κ1) is 25.8. The van der Waals surface area contributed by atoms with Crippen molar-refractivity contribution in [1.29, 1.82) is 0 Å². The number of fused-ring (bicyclic) bond motifs is 3. The van der Waals surface area contributed by atoms with Crippen LogP contribution in [0.25, 0.3) is 56.5 Å². The van der Waals surface area contributed by atoms with Crippen LogP contribution in [-0.4, -0.2) is 21.4 Å². The Kier molecular flexibility index (Phi) is 7.41. The molecule has 41 heavy (non-hydrogen) atoms. The largest absolute Gasteiger partial charge is 0.494 e. The summed E-state index contributed by atoms with van der Waals surface area (Å²) in [5.74, 6) is 1.74. The molecule has 7 aromatic rings. The highest BCUT2D eigenvalue weighted by Gasteiger charge is 2.14. The topological polar surface area (TPSA) is 53.1 Å². The highest BCUT2D eigenvalue weighted by atomic mass is 16.5. The fraction of sp³-hybridized carbons (Fsp3) is 0.0556. The number of benzene rings is 5. The number of nitrogens with zero attached hydrogens (tertiary/aromatic N) is 3. The first-order chi connectivity index (χ1) is 20.2. The second kappa shape index (κ2) is 11.8. The first-order valence-corrected chi connectivity index (χ1v) is 13.6. The van der Waals surface area contributed by atoms with E-state index in [1.165, 1.54) is 27.4 Å². The molecule has 5 aromatic carbocycles. The maximum atomic E-state index is 5.98. The minimum Gasteiger partial charge on any atom is -0.494 e. The van der Waals surface area contributed by atoms with Crippen LogP contribution >= 0.6 is 0 Å². The number of hydrogen-bond donors (Lipinski definition) is 0. The summed E-state index contributed by atoms with van der Waals surface area (Å²) in [4.78, 5) is 0. The van der Waals surface area contributed by atoms with Crippen molar-refractivity contribution >= 4 is 27.9 Å². The molecule has 5 nitrogen and oxygen atoms in total. The van der Waals surface area contributed by atoms with Crippen LogP contribution in [0.4, 0.5) is 0 Å². The van der Waals surface area contributed by atoms with Crippen molar-refractivity contribution in [2.24, 2.45) is 0 Å². The quantitative estimate of drug-likeness (QED) is 0.213. The molecule has 0 aliphatic carbocycles. The van der Waals surface area contributed by atoms with Gasteiger partial charge >= 0.3 is 0 Å². The van der Waals surface area contributed by atoms with Gasteiger partial charge in [0, 0.05) is 27.6 Å². The Morgan fingerprint density at radius 3 is 1.90 bits per heavy atom. The van der Waals surface area contributed by atoms with Crippen molar-refractivity contribution < 1.29 is 9.15 Å². The van der Waals surface area contributed by atoms with Gasteiger partial charge in [0.1, 0.15) is 5.75 Å². The van der Waals surface area contributed by atoms with Gasteiger partial charge in [-0.05, 0) is 67.1 Å². The Bertz CT molecular complexity index is 1870. The predicted octanol–water partition coefficient (Wildman–Crippen LogP) is 9.23. The maximum absolute atomic E-state index is 5.98. The molecule has 0 radical (unpaired) electrons. The Balaban J connectivity index is 0.000000328. The highest BCUT2D eigenvalue weighted by molar-refractivity contribution is 6.09. The summed E-state index contributed by atoms with van der Waals surface area (Å²) >= 11 is 0. The Hall–Kier alpha value is -5.42. The van der Waals surface area contributed by atoms with E-state index < -0.39 is 0 Å². The van der Waals surface area contributed by atoms with Crippen molar-refractivity contribution in [3.05, 3.63) is 140 Å². The monoisotopic (exact) mass is 535 g/mol. The second-order valence-electron chi connectivity index (χ2n) is 9.40. The van der Waals surface area contributed by atoms with Gasteiger partial charge in [-0.3, -0.25) is 0 Å². The minimum atomic E-state index is 0.470. The zero-order valence-electron chi connectivity index (χ0n) is 22.8. The summed E-state index contributed by atoms with van der Waals surface area (Å²) in [5, 5.41) is 11.0. The van der Waals surface area contributed by atoms with E-state index in [4.69, 9.17) is 9.15 Å². The lowest BCUT2D eigenvalue weighted by Crippen LogP contribution is -1.93. The molecule has 0 N–H and O–H groups in total. The lowest BCUT2D eigenvalue weighted by Gasteiger charge is -2.08. The standard InChI is InChI=1S/C28H21N3O2.C8H8/c1-2-32-22-9-7-8-20(18-22)28-30-29-27(33-28)19-14-16-21(17-15-19)31-25-12-5-3-10-23(25)24-11-4-6-13-26(24)31;1-2-8-6-4-3-5-7-8/h3-18H,2H2,1H3;2-7H,1H2. The van der Waals surface area contributed by atoms with Crippen LogP contribution in [0.2, 0.25) is 0 Å². The second-order valence-corrected chi connectivity index (χ2v) is 9.40. The number of ether oxygens (including phenoxy) is 1. The normalized spacial score (nSPS) is 10.8. The molecule has 0 fully saturated rings. The average molecular weight is 536 g/mol. The number of rotatable bonds is 6. The van der Waals surface area contributed by atoms with Gasteiger partial charge in [0.2, 0.25) is 11.8 Å². The van der Waals surface area contributed by atoms with Crippen LogP contribution in [0.1, 0.15) is 12.5 Å². The van der Waals surface area contributed by atoms with Crippen LogP contribution < -0.4 is 4.74 Å². The van der Waals surface area contributed by atoms with E-state index in [-0.39, 0.29) is 0 Å². The summed E-state index contributed by atoms with van der Waals surface area (Å²) in [5.41, 5.74) is 6.33. The van der Waals surface area contributed by atoms with E-state index in [1.54, 1.807) is 0 Å².